The zero-order valence-corrected chi connectivity index (χ0v) is 12.1. The molecule has 0 aliphatic carbocycles. The van der Waals surface area contributed by atoms with Crippen molar-refractivity contribution >= 4 is 11.9 Å². The average Bonchev–Trinajstić information content (AvgIpc) is 2.47. The molecule has 4 nitrogen and oxygen atoms in total. The number of aryl methyl sites for hydroxylation is 1. The van der Waals surface area contributed by atoms with E-state index < -0.39 is 11.8 Å². The molecular weight excluding hydrogens is 273 g/mol. The number of likely N-dealkylation sites (tertiary alicyclic amines) is 1. The topological polar surface area (TPSA) is 57.6 Å². The van der Waals surface area contributed by atoms with Gasteiger partial charge in [-0.2, -0.15) is 0 Å². The lowest BCUT2D eigenvalue weighted by molar-refractivity contribution is -0.137. The van der Waals surface area contributed by atoms with Crippen LogP contribution in [-0.2, 0) is 4.79 Å². The molecule has 21 heavy (non-hydrogen) atoms. The lowest BCUT2D eigenvalue weighted by Crippen LogP contribution is -2.44. The fourth-order valence-corrected chi connectivity index (χ4v) is 2.83. The van der Waals surface area contributed by atoms with Gasteiger partial charge in [0, 0.05) is 19.0 Å². The molecule has 114 valence electrons. The normalized spacial score (nSPS) is 18.6. The molecule has 1 N–H and O–H groups in total. The molecule has 1 fully saturated rings. The van der Waals surface area contributed by atoms with Crippen molar-refractivity contribution in [3.8, 4) is 0 Å². The lowest BCUT2D eigenvalue weighted by Gasteiger charge is -2.36. The first-order chi connectivity index (χ1) is 10.0. The second-order valence-electron chi connectivity index (χ2n) is 5.52. The van der Waals surface area contributed by atoms with E-state index in [-0.39, 0.29) is 23.9 Å². The minimum atomic E-state index is -0.866. The van der Waals surface area contributed by atoms with E-state index in [1.165, 1.54) is 6.07 Å². The van der Waals surface area contributed by atoms with Crippen LogP contribution in [0.3, 0.4) is 0 Å². The first-order valence-electron chi connectivity index (χ1n) is 7.28. The molecule has 1 aromatic carbocycles. The molecule has 1 heterocycles. The Morgan fingerprint density at radius 3 is 2.86 bits per heavy atom. The number of carboxylic acids is 1. The van der Waals surface area contributed by atoms with Gasteiger partial charge in [0.15, 0.2) is 0 Å². The van der Waals surface area contributed by atoms with E-state index in [0.717, 1.165) is 19.3 Å². The first-order valence-corrected chi connectivity index (χ1v) is 7.28. The van der Waals surface area contributed by atoms with Crippen LogP contribution in [0.15, 0.2) is 18.2 Å². The third kappa shape index (κ3) is 3.60. The highest BCUT2D eigenvalue weighted by Crippen LogP contribution is 2.24. The lowest BCUT2D eigenvalue weighted by atomic mass is 9.96. The van der Waals surface area contributed by atoms with E-state index in [0.29, 0.717) is 18.5 Å². The van der Waals surface area contributed by atoms with Crippen LogP contribution in [0.4, 0.5) is 4.39 Å². The second kappa shape index (κ2) is 6.70. The Balaban J connectivity index is 2.18. The van der Waals surface area contributed by atoms with Crippen LogP contribution in [0.5, 0.6) is 0 Å². The molecular formula is C16H20FNO3. The Kier molecular flexibility index (Phi) is 4.94. The molecule has 1 atom stereocenters. The van der Waals surface area contributed by atoms with E-state index in [9.17, 15) is 14.0 Å². The third-order valence-electron chi connectivity index (χ3n) is 4.00. The number of carbonyl (C=O) groups excluding carboxylic acids is 1. The number of carbonyl (C=O) groups is 2. The molecule has 0 spiro atoms. The smallest absolute Gasteiger partial charge is 0.303 e. The highest BCUT2D eigenvalue weighted by molar-refractivity contribution is 5.95. The first kappa shape index (κ1) is 15.5. The zero-order valence-electron chi connectivity index (χ0n) is 12.1. The number of amides is 1. The predicted molar refractivity (Wildman–Crippen MR) is 76.7 cm³/mol. The number of rotatable bonds is 4. The zero-order chi connectivity index (χ0) is 15.4. The molecule has 2 rings (SSSR count). The highest BCUT2D eigenvalue weighted by Gasteiger charge is 2.29. The minimum absolute atomic E-state index is 0.0325. The van der Waals surface area contributed by atoms with E-state index in [1.807, 2.05) is 0 Å². The van der Waals surface area contributed by atoms with Crippen LogP contribution in [0, 0.1) is 12.7 Å². The van der Waals surface area contributed by atoms with Gasteiger partial charge in [-0.1, -0.05) is 12.1 Å². The molecule has 0 saturated carbocycles. The molecule has 0 bridgehead atoms. The highest BCUT2D eigenvalue weighted by atomic mass is 19.1. The number of carboxylic acid groups (broad SMARTS) is 1. The van der Waals surface area contributed by atoms with Crippen LogP contribution in [0.1, 0.15) is 48.0 Å². The fourth-order valence-electron chi connectivity index (χ4n) is 2.83. The summed E-state index contributed by atoms with van der Waals surface area (Å²) in [5.41, 5.74) is 0.525. The quantitative estimate of drug-likeness (QED) is 0.928. The molecule has 1 saturated heterocycles. The van der Waals surface area contributed by atoms with Crippen molar-refractivity contribution in [2.24, 2.45) is 0 Å². The van der Waals surface area contributed by atoms with E-state index in [4.69, 9.17) is 5.11 Å². The number of hydrogen-bond acceptors (Lipinski definition) is 2. The Hall–Kier alpha value is -1.91. The van der Waals surface area contributed by atoms with Crippen molar-refractivity contribution in [1.29, 1.82) is 0 Å². The molecule has 0 aromatic heterocycles. The van der Waals surface area contributed by atoms with Crippen molar-refractivity contribution < 1.29 is 19.1 Å². The van der Waals surface area contributed by atoms with Crippen molar-refractivity contribution in [2.45, 2.75) is 45.1 Å². The van der Waals surface area contributed by atoms with Gasteiger partial charge in [-0.25, -0.2) is 4.39 Å². The Morgan fingerprint density at radius 1 is 1.38 bits per heavy atom. The van der Waals surface area contributed by atoms with Gasteiger partial charge in [0.05, 0.1) is 5.56 Å². The summed E-state index contributed by atoms with van der Waals surface area (Å²) in [6.45, 7) is 2.20. The number of halogens is 1. The predicted octanol–water partition coefficient (Wildman–Crippen LogP) is 2.99. The summed E-state index contributed by atoms with van der Waals surface area (Å²) in [6, 6.07) is 4.68. The summed E-state index contributed by atoms with van der Waals surface area (Å²) in [6.07, 6.45) is 3.10. The second-order valence-corrected chi connectivity index (χ2v) is 5.52. The van der Waals surface area contributed by atoms with Gasteiger partial charge in [0.25, 0.3) is 5.91 Å². The number of nitrogens with zero attached hydrogens (tertiary/aromatic N) is 1. The molecule has 1 aliphatic heterocycles. The summed E-state index contributed by atoms with van der Waals surface area (Å²) in [5.74, 6) is -1.67. The summed E-state index contributed by atoms with van der Waals surface area (Å²) in [7, 11) is 0. The van der Waals surface area contributed by atoms with Gasteiger partial charge < -0.3 is 10.0 Å². The van der Waals surface area contributed by atoms with E-state index >= 15 is 0 Å². The van der Waals surface area contributed by atoms with Gasteiger partial charge in [0.2, 0.25) is 0 Å². The van der Waals surface area contributed by atoms with Gasteiger partial charge in [-0.15, -0.1) is 0 Å². The largest absolute Gasteiger partial charge is 0.481 e. The monoisotopic (exact) mass is 293 g/mol. The van der Waals surface area contributed by atoms with Crippen LogP contribution < -0.4 is 0 Å². The summed E-state index contributed by atoms with van der Waals surface area (Å²) < 4.78 is 14.1. The van der Waals surface area contributed by atoms with Crippen LogP contribution in [0.2, 0.25) is 0 Å². The molecule has 0 radical (unpaired) electrons. The molecule has 5 heteroatoms. The maximum atomic E-state index is 14.1. The summed E-state index contributed by atoms with van der Waals surface area (Å²) >= 11 is 0. The Labute approximate surface area is 123 Å². The molecule has 1 unspecified atom stereocenters. The maximum absolute atomic E-state index is 14.1. The number of benzene rings is 1. The van der Waals surface area contributed by atoms with Gasteiger partial charge in [-0.05, 0) is 44.2 Å². The number of hydrogen-bond donors (Lipinski definition) is 1. The fraction of sp³-hybridized carbons (Fsp3) is 0.500. The van der Waals surface area contributed by atoms with Crippen molar-refractivity contribution in [2.75, 3.05) is 6.54 Å². The number of piperidine rings is 1. The Bertz CT molecular complexity index is 544. The van der Waals surface area contributed by atoms with Gasteiger partial charge in [0.1, 0.15) is 5.82 Å². The third-order valence-corrected chi connectivity index (χ3v) is 4.00. The molecule has 1 aliphatic rings. The number of aliphatic carboxylic acids is 1. The van der Waals surface area contributed by atoms with Crippen molar-refractivity contribution in [3.05, 3.63) is 35.1 Å². The van der Waals surface area contributed by atoms with Crippen molar-refractivity contribution in [3.63, 3.8) is 0 Å². The van der Waals surface area contributed by atoms with Crippen LogP contribution >= 0.6 is 0 Å². The SMILES string of the molecule is Cc1cccc(C(=O)N2CCCCC2CCC(=O)O)c1F. The minimum Gasteiger partial charge on any atom is -0.481 e. The molecule has 1 amide bonds. The van der Waals surface area contributed by atoms with Gasteiger partial charge in [-0.3, -0.25) is 9.59 Å². The van der Waals surface area contributed by atoms with Gasteiger partial charge >= 0.3 is 5.97 Å². The van der Waals surface area contributed by atoms with Crippen LogP contribution in [0.25, 0.3) is 0 Å². The Morgan fingerprint density at radius 2 is 2.14 bits per heavy atom. The standard InChI is InChI=1S/C16H20FNO3/c1-11-5-4-7-13(15(11)17)16(21)18-10-3-2-6-12(18)8-9-14(19)20/h4-5,7,12H,2-3,6,8-10H2,1H3,(H,19,20). The van der Waals surface area contributed by atoms with Crippen molar-refractivity contribution in [1.82, 2.24) is 4.90 Å². The maximum Gasteiger partial charge on any atom is 0.303 e. The summed E-state index contributed by atoms with van der Waals surface area (Å²) in [4.78, 5) is 24.9. The van der Waals surface area contributed by atoms with E-state index in [2.05, 4.69) is 0 Å². The summed E-state index contributed by atoms with van der Waals surface area (Å²) in [5, 5.41) is 8.80. The average molecular weight is 293 g/mol. The van der Waals surface area contributed by atoms with Crippen LogP contribution in [-0.4, -0.2) is 34.5 Å². The van der Waals surface area contributed by atoms with E-state index in [1.54, 1.807) is 24.0 Å². The molecule has 1 aromatic rings.